The van der Waals surface area contributed by atoms with Crippen molar-refractivity contribution in [1.82, 2.24) is 4.98 Å². The Kier molecular flexibility index (Phi) is 6.95. The van der Waals surface area contributed by atoms with Crippen LogP contribution in [0.25, 0.3) is 0 Å². The minimum absolute atomic E-state index is 0.105. The maximum Gasteiger partial charge on any atom is 0.303 e. The number of nitrogens with zero attached hydrogens (tertiary/aromatic N) is 2. The minimum Gasteiger partial charge on any atom is -0.481 e. The fourth-order valence-electron chi connectivity index (χ4n) is 2.91. The molecule has 0 aliphatic rings. The summed E-state index contributed by atoms with van der Waals surface area (Å²) in [6, 6.07) is 21.8. The summed E-state index contributed by atoms with van der Waals surface area (Å²) < 4.78 is 0. The number of carbonyl (C=O) groups is 1. The lowest BCUT2D eigenvalue weighted by molar-refractivity contribution is -0.136. The van der Waals surface area contributed by atoms with Crippen LogP contribution in [0.3, 0.4) is 0 Å². The molecule has 1 aromatic heterocycles. The van der Waals surface area contributed by atoms with Crippen molar-refractivity contribution < 1.29 is 14.7 Å². The van der Waals surface area contributed by atoms with Crippen LogP contribution in [-0.4, -0.2) is 28.9 Å². The lowest BCUT2D eigenvalue weighted by Crippen LogP contribution is -2.06. The van der Waals surface area contributed by atoms with Crippen molar-refractivity contribution in [2.24, 2.45) is 5.16 Å². The van der Waals surface area contributed by atoms with E-state index in [0.717, 1.165) is 33.8 Å². The van der Waals surface area contributed by atoms with Crippen LogP contribution in [-0.2, 0) is 22.6 Å². The quantitative estimate of drug-likeness (QED) is 0.425. The normalized spacial score (nSPS) is 11.1. The summed E-state index contributed by atoms with van der Waals surface area (Å²) in [4.78, 5) is 20.1. The van der Waals surface area contributed by atoms with Crippen LogP contribution in [0.2, 0.25) is 0 Å². The second-order valence-corrected chi connectivity index (χ2v) is 6.49. The number of aliphatic carboxylic acids is 1. The summed E-state index contributed by atoms with van der Waals surface area (Å²) in [5, 5.41) is 16.3. The van der Waals surface area contributed by atoms with Gasteiger partial charge >= 0.3 is 5.97 Å². The molecule has 3 aromatic rings. The van der Waals surface area contributed by atoms with Crippen molar-refractivity contribution >= 4 is 17.5 Å². The summed E-state index contributed by atoms with van der Waals surface area (Å²) in [7, 11) is 1.54. The number of carboxylic acids is 1. The van der Waals surface area contributed by atoms with Gasteiger partial charge in [0, 0.05) is 30.3 Å². The molecule has 0 aliphatic carbocycles. The second-order valence-electron chi connectivity index (χ2n) is 6.49. The fraction of sp³-hybridized carbons (Fsp3) is 0.174. The van der Waals surface area contributed by atoms with Crippen LogP contribution < -0.4 is 5.32 Å². The van der Waals surface area contributed by atoms with Crippen molar-refractivity contribution in [3.05, 3.63) is 95.2 Å². The van der Waals surface area contributed by atoms with E-state index in [4.69, 9.17) is 9.94 Å². The van der Waals surface area contributed by atoms with Gasteiger partial charge in [0.15, 0.2) is 0 Å². The third-order valence-electron chi connectivity index (χ3n) is 4.36. The lowest BCUT2D eigenvalue weighted by Gasteiger charge is -2.10. The third-order valence-corrected chi connectivity index (χ3v) is 4.36. The number of rotatable bonds is 9. The molecule has 0 radical (unpaired) electrons. The highest BCUT2D eigenvalue weighted by molar-refractivity contribution is 6.12. The van der Waals surface area contributed by atoms with Crippen LogP contribution in [0, 0.1) is 0 Å². The van der Waals surface area contributed by atoms with E-state index in [1.807, 2.05) is 60.7 Å². The van der Waals surface area contributed by atoms with E-state index in [2.05, 4.69) is 21.5 Å². The highest BCUT2D eigenvalue weighted by atomic mass is 16.6. The molecule has 6 heteroatoms. The Hall–Kier alpha value is -3.67. The molecule has 0 saturated carbocycles. The Labute approximate surface area is 169 Å². The Morgan fingerprint density at radius 3 is 2.52 bits per heavy atom. The van der Waals surface area contributed by atoms with E-state index < -0.39 is 5.97 Å². The topological polar surface area (TPSA) is 83.8 Å². The number of nitrogens with one attached hydrogen (secondary N) is 1. The first kappa shape index (κ1) is 20.1. The number of anilines is 1. The molecule has 29 heavy (non-hydrogen) atoms. The monoisotopic (exact) mass is 389 g/mol. The highest BCUT2D eigenvalue weighted by Gasteiger charge is 2.09. The van der Waals surface area contributed by atoms with E-state index in [9.17, 15) is 4.79 Å². The van der Waals surface area contributed by atoms with Gasteiger partial charge in [-0.3, -0.25) is 4.79 Å². The van der Waals surface area contributed by atoms with Gasteiger partial charge in [-0.2, -0.15) is 0 Å². The first-order valence-corrected chi connectivity index (χ1v) is 9.32. The Balaban J connectivity index is 1.68. The molecule has 2 N–H and O–H groups in total. The summed E-state index contributed by atoms with van der Waals surface area (Å²) >= 11 is 0. The van der Waals surface area contributed by atoms with E-state index in [0.29, 0.717) is 13.0 Å². The third kappa shape index (κ3) is 5.90. The molecule has 0 bridgehead atoms. The van der Waals surface area contributed by atoms with Crippen molar-refractivity contribution in [3.8, 4) is 0 Å². The second kappa shape index (κ2) is 10.0. The molecule has 0 saturated heterocycles. The number of benzene rings is 2. The van der Waals surface area contributed by atoms with Crippen LogP contribution in [0.1, 0.15) is 28.7 Å². The molecule has 0 fully saturated rings. The lowest BCUT2D eigenvalue weighted by atomic mass is 10.0. The summed E-state index contributed by atoms with van der Waals surface area (Å²) in [5.74, 6) is -0.0673. The minimum atomic E-state index is -0.807. The van der Waals surface area contributed by atoms with Crippen LogP contribution in [0.4, 0.5) is 5.82 Å². The van der Waals surface area contributed by atoms with Gasteiger partial charge in [0.05, 0.1) is 0 Å². The molecule has 2 aromatic carbocycles. The number of hydrogen-bond acceptors (Lipinski definition) is 5. The molecule has 0 spiro atoms. The molecular formula is C23H23N3O3. The van der Waals surface area contributed by atoms with Gasteiger partial charge in [0.25, 0.3) is 0 Å². The van der Waals surface area contributed by atoms with Crippen LogP contribution in [0.5, 0.6) is 0 Å². The SMILES string of the molecule is CON=C(c1ccccc1)c1cccc(CNc2ccc(CCC(=O)O)cn2)c1. The molecule has 148 valence electrons. The molecular weight excluding hydrogens is 366 g/mol. The molecule has 0 amide bonds. The average molecular weight is 389 g/mol. The van der Waals surface area contributed by atoms with Gasteiger partial charge < -0.3 is 15.3 Å². The first-order chi connectivity index (χ1) is 14.2. The van der Waals surface area contributed by atoms with E-state index in [-0.39, 0.29) is 6.42 Å². The largest absolute Gasteiger partial charge is 0.481 e. The molecule has 1 heterocycles. The van der Waals surface area contributed by atoms with Crippen molar-refractivity contribution in [2.45, 2.75) is 19.4 Å². The summed E-state index contributed by atoms with van der Waals surface area (Å²) in [5.41, 5.74) is 4.71. The first-order valence-electron chi connectivity index (χ1n) is 9.32. The Morgan fingerprint density at radius 2 is 1.83 bits per heavy atom. The van der Waals surface area contributed by atoms with Crippen LogP contribution >= 0.6 is 0 Å². The molecule has 0 aliphatic heterocycles. The zero-order chi connectivity index (χ0) is 20.5. The summed E-state index contributed by atoms with van der Waals surface area (Å²) in [6.45, 7) is 0.602. The van der Waals surface area contributed by atoms with Gasteiger partial charge in [-0.1, -0.05) is 59.8 Å². The number of hydrogen-bond donors (Lipinski definition) is 2. The number of pyridine rings is 1. The van der Waals surface area contributed by atoms with Crippen molar-refractivity contribution in [3.63, 3.8) is 0 Å². The standard InChI is InChI=1S/C23H23N3O3/c1-29-26-23(19-7-3-2-4-8-19)20-9-5-6-18(14-20)16-25-21-12-10-17(15-24-21)11-13-22(27)28/h2-10,12,14-15H,11,13,16H2,1H3,(H,24,25)(H,27,28). The Morgan fingerprint density at radius 1 is 1.03 bits per heavy atom. The zero-order valence-corrected chi connectivity index (χ0v) is 16.2. The van der Waals surface area contributed by atoms with Gasteiger partial charge in [0.2, 0.25) is 0 Å². The van der Waals surface area contributed by atoms with E-state index >= 15 is 0 Å². The van der Waals surface area contributed by atoms with Gasteiger partial charge in [-0.15, -0.1) is 0 Å². The smallest absolute Gasteiger partial charge is 0.303 e. The predicted octanol–water partition coefficient (Wildman–Crippen LogP) is 4.11. The molecule has 3 rings (SSSR count). The number of aryl methyl sites for hydroxylation is 1. The Bertz CT molecular complexity index is 970. The maximum atomic E-state index is 10.7. The number of carboxylic acid groups (broad SMARTS) is 1. The average Bonchev–Trinajstić information content (AvgIpc) is 2.76. The van der Waals surface area contributed by atoms with Crippen LogP contribution in [0.15, 0.2) is 78.1 Å². The van der Waals surface area contributed by atoms with E-state index in [1.165, 1.54) is 0 Å². The molecule has 0 unspecified atom stereocenters. The van der Waals surface area contributed by atoms with Gasteiger partial charge in [0.1, 0.15) is 18.6 Å². The number of oxime groups is 1. The van der Waals surface area contributed by atoms with Gasteiger partial charge in [-0.05, 0) is 29.7 Å². The highest BCUT2D eigenvalue weighted by Crippen LogP contribution is 2.15. The van der Waals surface area contributed by atoms with Gasteiger partial charge in [-0.25, -0.2) is 4.98 Å². The van der Waals surface area contributed by atoms with E-state index in [1.54, 1.807) is 13.3 Å². The molecule has 0 atom stereocenters. The molecule has 6 nitrogen and oxygen atoms in total. The van der Waals surface area contributed by atoms with Crippen molar-refractivity contribution in [2.75, 3.05) is 12.4 Å². The predicted molar refractivity (Wildman–Crippen MR) is 113 cm³/mol. The zero-order valence-electron chi connectivity index (χ0n) is 16.2. The van der Waals surface area contributed by atoms with Crippen molar-refractivity contribution in [1.29, 1.82) is 0 Å². The fourth-order valence-corrected chi connectivity index (χ4v) is 2.91. The number of aromatic nitrogens is 1. The summed E-state index contributed by atoms with van der Waals surface area (Å²) in [6.07, 6.45) is 2.29. The maximum absolute atomic E-state index is 10.7.